The number of hydrogen-bond acceptors (Lipinski definition) is 6. The molecule has 0 aromatic carbocycles. The van der Waals surface area contributed by atoms with Gasteiger partial charge in [0.15, 0.2) is 0 Å². The Morgan fingerprint density at radius 1 is 1.30 bits per heavy atom. The number of carbonyl (C=O) groups excluding carboxylic acids is 1. The van der Waals surface area contributed by atoms with Crippen molar-refractivity contribution < 1.29 is 14.7 Å². The summed E-state index contributed by atoms with van der Waals surface area (Å²) in [6, 6.07) is 0.232. The first-order valence-corrected chi connectivity index (χ1v) is 11.3. The molecule has 2 fully saturated rings. The van der Waals surface area contributed by atoms with E-state index in [1.54, 1.807) is 11.3 Å². The maximum atomic E-state index is 13.6. The van der Waals surface area contributed by atoms with Crippen LogP contribution in [0.4, 0.5) is 0 Å². The molecule has 2 aromatic rings. The van der Waals surface area contributed by atoms with Crippen LogP contribution in [-0.4, -0.2) is 61.0 Å². The van der Waals surface area contributed by atoms with Crippen molar-refractivity contribution in [3.05, 3.63) is 34.3 Å². The number of carboxylic acid groups (broad SMARTS) is 1. The fourth-order valence-corrected chi connectivity index (χ4v) is 5.46. The van der Waals surface area contributed by atoms with E-state index in [0.29, 0.717) is 12.5 Å². The zero-order chi connectivity index (χ0) is 21.7. The Hall–Kier alpha value is -2.26. The van der Waals surface area contributed by atoms with Crippen molar-refractivity contribution in [1.82, 2.24) is 24.3 Å². The van der Waals surface area contributed by atoms with Crippen molar-refractivity contribution in [3.63, 3.8) is 0 Å². The highest BCUT2D eigenvalue weighted by Crippen LogP contribution is 2.44. The summed E-state index contributed by atoms with van der Waals surface area (Å²) in [4.78, 5) is 35.5. The Labute approximate surface area is 181 Å². The number of carbonyl (C=O) groups is 2. The van der Waals surface area contributed by atoms with Gasteiger partial charge in [-0.3, -0.25) is 14.5 Å². The minimum atomic E-state index is -0.257. The summed E-state index contributed by atoms with van der Waals surface area (Å²) in [6.45, 7) is 7.36. The molecule has 2 atom stereocenters. The molecular formula is C21H31N5O3S. The molecule has 0 bridgehead atoms. The third kappa shape index (κ3) is 4.57. The maximum absolute atomic E-state index is 13.6. The number of piperidine rings is 2. The van der Waals surface area contributed by atoms with E-state index in [-0.39, 0.29) is 17.9 Å². The number of hydrogen-bond donors (Lipinski definition) is 1. The van der Waals surface area contributed by atoms with Crippen molar-refractivity contribution in [2.45, 2.75) is 58.7 Å². The topological polar surface area (TPSA) is 91.6 Å². The van der Waals surface area contributed by atoms with Crippen LogP contribution >= 0.6 is 11.3 Å². The first kappa shape index (κ1) is 22.4. The molecule has 8 nitrogen and oxygen atoms in total. The van der Waals surface area contributed by atoms with Crippen LogP contribution in [0.5, 0.6) is 0 Å². The number of aryl methyl sites for hydroxylation is 2. The van der Waals surface area contributed by atoms with E-state index < -0.39 is 0 Å². The predicted molar refractivity (Wildman–Crippen MR) is 115 cm³/mol. The number of rotatable bonds is 4. The van der Waals surface area contributed by atoms with Crippen molar-refractivity contribution in [2.24, 2.45) is 12.5 Å². The van der Waals surface area contributed by atoms with Gasteiger partial charge in [-0.1, -0.05) is 0 Å². The molecule has 1 spiro atoms. The Morgan fingerprint density at radius 2 is 2.00 bits per heavy atom. The van der Waals surface area contributed by atoms with Crippen molar-refractivity contribution in [1.29, 1.82) is 0 Å². The van der Waals surface area contributed by atoms with Gasteiger partial charge in [0.25, 0.3) is 6.47 Å². The zero-order valence-corrected chi connectivity index (χ0v) is 18.8. The molecule has 2 aliphatic heterocycles. The molecule has 1 N–H and O–H groups in total. The monoisotopic (exact) mass is 433 g/mol. The highest BCUT2D eigenvalue weighted by atomic mass is 32.1. The molecule has 0 aliphatic carbocycles. The van der Waals surface area contributed by atoms with Crippen LogP contribution in [0.15, 0.2) is 17.8 Å². The molecule has 2 aliphatic rings. The lowest BCUT2D eigenvalue weighted by Gasteiger charge is -2.51. The fraction of sp³-hybridized carbons (Fsp3) is 0.619. The summed E-state index contributed by atoms with van der Waals surface area (Å²) in [6.07, 6.45) is 7.99. The minimum Gasteiger partial charge on any atom is -0.483 e. The van der Waals surface area contributed by atoms with Gasteiger partial charge in [0, 0.05) is 37.4 Å². The first-order valence-electron chi connectivity index (χ1n) is 10.4. The van der Waals surface area contributed by atoms with Crippen molar-refractivity contribution >= 4 is 23.7 Å². The van der Waals surface area contributed by atoms with E-state index in [2.05, 4.69) is 36.6 Å². The summed E-state index contributed by atoms with van der Waals surface area (Å²) in [5.74, 6) is 1.40. The number of amides is 1. The van der Waals surface area contributed by atoms with Gasteiger partial charge in [-0.05, 0) is 46.1 Å². The number of nitrogens with zero attached hydrogens (tertiary/aromatic N) is 5. The van der Waals surface area contributed by atoms with Gasteiger partial charge in [-0.25, -0.2) is 9.97 Å². The molecule has 1 amide bonds. The highest BCUT2D eigenvalue weighted by Gasteiger charge is 2.51. The Kier molecular flexibility index (Phi) is 7.25. The molecule has 4 heterocycles. The van der Waals surface area contributed by atoms with Crippen LogP contribution in [0.25, 0.3) is 0 Å². The van der Waals surface area contributed by atoms with Crippen LogP contribution in [0.2, 0.25) is 0 Å². The lowest BCUT2D eigenvalue weighted by molar-refractivity contribution is -0.156. The molecule has 164 valence electrons. The lowest BCUT2D eigenvalue weighted by Crippen LogP contribution is -2.60. The quantitative estimate of drug-likeness (QED) is 0.746. The average molecular weight is 434 g/mol. The van der Waals surface area contributed by atoms with E-state index in [4.69, 9.17) is 9.90 Å². The summed E-state index contributed by atoms with van der Waals surface area (Å²) in [5, 5.41) is 10.0. The maximum Gasteiger partial charge on any atom is 0.290 e. The van der Waals surface area contributed by atoms with E-state index in [1.807, 2.05) is 26.4 Å². The Morgan fingerprint density at radius 3 is 2.60 bits per heavy atom. The van der Waals surface area contributed by atoms with E-state index in [0.717, 1.165) is 61.8 Å². The van der Waals surface area contributed by atoms with Crippen LogP contribution in [-0.2, 0) is 29.7 Å². The van der Waals surface area contributed by atoms with E-state index in [1.165, 1.54) is 0 Å². The molecular weight excluding hydrogens is 402 g/mol. The number of imidazole rings is 1. The second-order valence-corrected chi connectivity index (χ2v) is 9.22. The van der Waals surface area contributed by atoms with Gasteiger partial charge < -0.3 is 14.6 Å². The third-order valence-corrected chi connectivity index (χ3v) is 7.29. The summed E-state index contributed by atoms with van der Waals surface area (Å²) in [7, 11) is 2.04. The molecule has 30 heavy (non-hydrogen) atoms. The standard InChI is InChI=1S/C20H29N5OS.CH2O2/c1-15-20(6-4-9-24(15)13-18-21-8-11-23(18)3)7-5-10-25(19(20)26)12-17-14-27-16(2)22-17;2-1-3/h8,11,14-15H,4-7,9-10,12-13H2,1-3H3;1H,(H,2,3)/t15-,20+;/m0./s1. The van der Waals surface area contributed by atoms with Crippen molar-refractivity contribution in [3.8, 4) is 0 Å². The van der Waals surface area contributed by atoms with Crippen LogP contribution in [0.3, 0.4) is 0 Å². The van der Waals surface area contributed by atoms with Gasteiger partial charge >= 0.3 is 0 Å². The average Bonchev–Trinajstić information content (AvgIpc) is 3.31. The first-order chi connectivity index (χ1) is 14.4. The summed E-state index contributed by atoms with van der Waals surface area (Å²) >= 11 is 1.66. The van der Waals surface area contributed by atoms with Crippen molar-refractivity contribution in [2.75, 3.05) is 13.1 Å². The van der Waals surface area contributed by atoms with Gasteiger partial charge in [0.2, 0.25) is 5.91 Å². The zero-order valence-electron chi connectivity index (χ0n) is 18.0. The smallest absolute Gasteiger partial charge is 0.290 e. The largest absolute Gasteiger partial charge is 0.483 e. The SMILES string of the molecule is Cc1nc(CN2CCC[C@@]3(CCCN(Cc4nccn4C)[C@H]3C)C2=O)cs1.O=CO. The minimum absolute atomic E-state index is 0.232. The molecule has 0 radical (unpaired) electrons. The second-order valence-electron chi connectivity index (χ2n) is 8.15. The van der Waals surface area contributed by atoms with E-state index >= 15 is 0 Å². The third-order valence-electron chi connectivity index (χ3n) is 6.46. The molecule has 2 saturated heterocycles. The second kappa shape index (κ2) is 9.70. The predicted octanol–water partition coefficient (Wildman–Crippen LogP) is 2.68. The molecule has 0 saturated carbocycles. The van der Waals surface area contributed by atoms with Crippen LogP contribution < -0.4 is 0 Å². The van der Waals surface area contributed by atoms with Gasteiger partial charge in [0.1, 0.15) is 5.82 Å². The molecule has 9 heteroatoms. The normalized spacial score (nSPS) is 24.6. The van der Waals surface area contributed by atoms with Gasteiger partial charge in [-0.15, -0.1) is 11.3 Å². The number of likely N-dealkylation sites (tertiary alicyclic amines) is 2. The van der Waals surface area contributed by atoms with Gasteiger partial charge in [-0.2, -0.15) is 0 Å². The lowest BCUT2D eigenvalue weighted by atomic mass is 9.67. The Bertz CT molecular complexity index is 862. The Balaban J connectivity index is 0.000000806. The highest BCUT2D eigenvalue weighted by molar-refractivity contribution is 7.09. The number of thiazole rings is 1. The van der Waals surface area contributed by atoms with Gasteiger partial charge in [0.05, 0.1) is 29.2 Å². The summed E-state index contributed by atoms with van der Waals surface area (Å²) < 4.78 is 2.08. The summed E-state index contributed by atoms with van der Waals surface area (Å²) in [5.41, 5.74) is 0.767. The molecule has 2 aromatic heterocycles. The van der Waals surface area contributed by atoms with Crippen LogP contribution in [0, 0.1) is 12.3 Å². The van der Waals surface area contributed by atoms with E-state index in [9.17, 15) is 4.79 Å². The molecule has 4 rings (SSSR count). The number of aromatic nitrogens is 3. The van der Waals surface area contributed by atoms with Crippen LogP contribution in [0.1, 0.15) is 49.1 Å². The fourth-order valence-electron chi connectivity index (χ4n) is 4.85. The molecule has 0 unspecified atom stereocenters.